The fourth-order valence-electron chi connectivity index (χ4n) is 1.78. The lowest BCUT2D eigenvalue weighted by atomic mass is 10.1. The van der Waals surface area contributed by atoms with Gasteiger partial charge in [0.15, 0.2) is 0 Å². The van der Waals surface area contributed by atoms with Crippen LogP contribution >= 0.6 is 0 Å². The monoisotopic (exact) mass is 223 g/mol. The van der Waals surface area contributed by atoms with E-state index in [1.165, 1.54) is 0 Å². The smallest absolute Gasteiger partial charge is 0.101 e. The van der Waals surface area contributed by atoms with Crippen molar-refractivity contribution in [3.63, 3.8) is 0 Å². The van der Waals surface area contributed by atoms with E-state index < -0.39 is 0 Å². The molecule has 0 saturated carbocycles. The molecule has 0 bridgehead atoms. The summed E-state index contributed by atoms with van der Waals surface area (Å²) in [4.78, 5) is 1.92. The van der Waals surface area contributed by atoms with E-state index in [9.17, 15) is 0 Å². The van der Waals surface area contributed by atoms with Gasteiger partial charge in [-0.25, -0.2) is 0 Å². The summed E-state index contributed by atoms with van der Waals surface area (Å²) in [6.45, 7) is 0. The molecule has 0 saturated heterocycles. The molecule has 0 amide bonds. The highest BCUT2D eigenvalue weighted by Crippen LogP contribution is 2.30. The minimum Gasteiger partial charge on any atom is -0.397 e. The number of nitrogen functional groups attached to an aromatic ring is 1. The van der Waals surface area contributed by atoms with Crippen LogP contribution in [0.4, 0.5) is 17.1 Å². The fourth-order valence-corrected chi connectivity index (χ4v) is 1.78. The van der Waals surface area contributed by atoms with Crippen molar-refractivity contribution >= 4 is 17.1 Å². The largest absolute Gasteiger partial charge is 0.397 e. The molecule has 0 heterocycles. The number of para-hydroxylation sites is 3. The Bertz CT molecular complexity index is 570. The standard InChI is InChI=1S/C14H13N3/c1-17(14-9-5-3-7-12(14)16)13-8-4-2-6-11(13)10-15/h2-9H,16H2,1H3. The molecule has 2 aromatic carbocycles. The molecule has 0 aliphatic carbocycles. The van der Waals surface area contributed by atoms with E-state index in [4.69, 9.17) is 11.0 Å². The predicted octanol–water partition coefficient (Wildman–Crippen LogP) is 2.91. The van der Waals surface area contributed by atoms with E-state index in [2.05, 4.69) is 6.07 Å². The topological polar surface area (TPSA) is 53.0 Å². The molecule has 0 fully saturated rings. The summed E-state index contributed by atoms with van der Waals surface area (Å²) in [5, 5.41) is 9.08. The molecule has 0 aromatic heterocycles. The highest BCUT2D eigenvalue weighted by molar-refractivity contribution is 5.76. The van der Waals surface area contributed by atoms with Crippen molar-refractivity contribution in [3.8, 4) is 6.07 Å². The maximum absolute atomic E-state index is 9.08. The van der Waals surface area contributed by atoms with Crippen LogP contribution in [-0.2, 0) is 0 Å². The van der Waals surface area contributed by atoms with Gasteiger partial charge >= 0.3 is 0 Å². The third-order valence-corrected chi connectivity index (χ3v) is 2.68. The molecule has 2 rings (SSSR count). The lowest BCUT2D eigenvalue weighted by Crippen LogP contribution is -2.12. The quantitative estimate of drug-likeness (QED) is 0.796. The Morgan fingerprint density at radius 1 is 1.00 bits per heavy atom. The average Bonchev–Trinajstić information content (AvgIpc) is 2.38. The molecule has 0 atom stereocenters. The van der Waals surface area contributed by atoms with Gasteiger partial charge in [-0.2, -0.15) is 5.26 Å². The van der Waals surface area contributed by atoms with Crippen LogP contribution in [0.1, 0.15) is 5.56 Å². The van der Waals surface area contributed by atoms with Crippen LogP contribution in [0.5, 0.6) is 0 Å². The van der Waals surface area contributed by atoms with Gasteiger partial charge in [0.25, 0.3) is 0 Å². The minimum atomic E-state index is 0.637. The Hall–Kier alpha value is -2.47. The first-order valence-electron chi connectivity index (χ1n) is 5.31. The molecule has 0 spiro atoms. The van der Waals surface area contributed by atoms with Gasteiger partial charge in [0.1, 0.15) is 6.07 Å². The molecule has 0 aliphatic rings. The van der Waals surface area contributed by atoms with Crippen molar-refractivity contribution < 1.29 is 0 Å². The molecule has 3 heteroatoms. The van der Waals surface area contributed by atoms with E-state index in [0.717, 1.165) is 11.4 Å². The molecular weight excluding hydrogens is 210 g/mol. The highest BCUT2D eigenvalue weighted by Gasteiger charge is 2.10. The summed E-state index contributed by atoms with van der Waals surface area (Å²) in [7, 11) is 1.90. The summed E-state index contributed by atoms with van der Waals surface area (Å²) in [5.41, 5.74) is 9.01. The van der Waals surface area contributed by atoms with E-state index >= 15 is 0 Å². The second-order valence-electron chi connectivity index (χ2n) is 3.75. The molecule has 17 heavy (non-hydrogen) atoms. The zero-order valence-electron chi connectivity index (χ0n) is 9.59. The van der Waals surface area contributed by atoms with Crippen LogP contribution in [0.2, 0.25) is 0 Å². The normalized spacial score (nSPS) is 9.65. The van der Waals surface area contributed by atoms with E-state index in [0.29, 0.717) is 11.3 Å². The molecule has 0 radical (unpaired) electrons. The maximum Gasteiger partial charge on any atom is 0.101 e. The lowest BCUT2D eigenvalue weighted by molar-refractivity contribution is 1.20. The van der Waals surface area contributed by atoms with Crippen molar-refractivity contribution in [2.75, 3.05) is 17.7 Å². The zero-order valence-corrected chi connectivity index (χ0v) is 9.59. The van der Waals surface area contributed by atoms with Gasteiger partial charge in [0.05, 0.1) is 22.6 Å². The van der Waals surface area contributed by atoms with Crippen LogP contribution in [0.3, 0.4) is 0 Å². The molecule has 3 nitrogen and oxygen atoms in total. The maximum atomic E-state index is 9.08. The predicted molar refractivity (Wildman–Crippen MR) is 70.1 cm³/mol. The van der Waals surface area contributed by atoms with Crippen molar-refractivity contribution in [3.05, 3.63) is 54.1 Å². The van der Waals surface area contributed by atoms with Gasteiger partial charge in [0, 0.05) is 7.05 Å². The second-order valence-corrected chi connectivity index (χ2v) is 3.75. The van der Waals surface area contributed by atoms with Gasteiger partial charge in [-0.3, -0.25) is 0 Å². The Morgan fingerprint density at radius 3 is 2.24 bits per heavy atom. The first-order valence-corrected chi connectivity index (χ1v) is 5.31. The highest BCUT2D eigenvalue weighted by atomic mass is 15.1. The number of rotatable bonds is 2. The van der Waals surface area contributed by atoms with Gasteiger partial charge in [-0.15, -0.1) is 0 Å². The number of hydrogen-bond acceptors (Lipinski definition) is 3. The summed E-state index contributed by atoms with van der Waals surface area (Å²) < 4.78 is 0. The van der Waals surface area contributed by atoms with Gasteiger partial charge in [-0.05, 0) is 24.3 Å². The fraction of sp³-hybridized carbons (Fsp3) is 0.0714. The van der Waals surface area contributed by atoms with Gasteiger partial charge < -0.3 is 10.6 Å². The first-order chi connectivity index (χ1) is 8.24. The molecule has 0 aliphatic heterocycles. The van der Waals surface area contributed by atoms with Gasteiger partial charge in [-0.1, -0.05) is 24.3 Å². The Kier molecular flexibility index (Phi) is 2.97. The Labute approximate surface area is 101 Å². The van der Waals surface area contributed by atoms with Crippen molar-refractivity contribution in [2.24, 2.45) is 0 Å². The van der Waals surface area contributed by atoms with Crippen LogP contribution < -0.4 is 10.6 Å². The Morgan fingerprint density at radius 2 is 1.59 bits per heavy atom. The summed E-state index contributed by atoms with van der Waals surface area (Å²) >= 11 is 0. The molecular formula is C14H13N3. The lowest BCUT2D eigenvalue weighted by Gasteiger charge is -2.22. The number of nitriles is 1. The van der Waals surface area contributed by atoms with Crippen molar-refractivity contribution in [1.29, 1.82) is 5.26 Å². The SMILES string of the molecule is CN(c1ccccc1N)c1ccccc1C#N. The summed E-state index contributed by atoms with van der Waals surface area (Å²) in [5.74, 6) is 0. The number of nitrogens with zero attached hydrogens (tertiary/aromatic N) is 2. The first kappa shape index (κ1) is 11.0. The summed E-state index contributed by atoms with van der Waals surface area (Å²) in [6.07, 6.45) is 0. The van der Waals surface area contributed by atoms with Gasteiger partial charge in [0.2, 0.25) is 0 Å². The van der Waals surface area contributed by atoms with Crippen LogP contribution in [0, 0.1) is 11.3 Å². The number of nitrogens with two attached hydrogens (primary N) is 1. The van der Waals surface area contributed by atoms with Crippen LogP contribution in [0.25, 0.3) is 0 Å². The minimum absolute atomic E-state index is 0.637. The number of benzene rings is 2. The molecule has 2 aromatic rings. The average molecular weight is 223 g/mol. The molecule has 84 valence electrons. The van der Waals surface area contributed by atoms with Crippen molar-refractivity contribution in [1.82, 2.24) is 0 Å². The second kappa shape index (κ2) is 4.58. The third-order valence-electron chi connectivity index (χ3n) is 2.68. The molecule has 2 N–H and O–H groups in total. The van der Waals surface area contributed by atoms with Crippen LogP contribution in [-0.4, -0.2) is 7.05 Å². The number of hydrogen-bond donors (Lipinski definition) is 1. The Balaban J connectivity index is 2.48. The summed E-state index contributed by atoms with van der Waals surface area (Å²) in [6, 6.07) is 17.2. The van der Waals surface area contributed by atoms with Crippen molar-refractivity contribution in [2.45, 2.75) is 0 Å². The van der Waals surface area contributed by atoms with E-state index in [-0.39, 0.29) is 0 Å². The molecule has 0 unspecified atom stereocenters. The zero-order chi connectivity index (χ0) is 12.3. The number of anilines is 3. The van der Waals surface area contributed by atoms with E-state index in [1.807, 2.05) is 54.4 Å². The van der Waals surface area contributed by atoms with Crippen LogP contribution in [0.15, 0.2) is 48.5 Å². The van der Waals surface area contributed by atoms with E-state index in [1.54, 1.807) is 6.07 Å². The third kappa shape index (κ3) is 2.06.